The number of aliphatic imine (C=N–C) groups is 1. The normalized spacial score (nSPS) is 15.5. The van der Waals surface area contributed by atoms with Gasteiger partial charge >= 0.3 is 0 Å². The summed E-state index contributed by atoms with van der Waals surface area (Å²) in [7, 11) is 1.59. The number of fused-ring (bicyclic) bond motifs is 3. The van der Waals surface area contributed by atoms with Crippen molar-refractivity contribution in [2.75, 3.05) is 26.9 Å². The molecule has 0 aliphatic carbocycles. The largest absolute Gasteiger partial charge is 0.494 e. The topological polar surface area (TPSA) is 95.2 Å². The van der Waals surface area contributed by atoms with Crippen LogP contribution in [0.2, 0.25) is 0 Å². The molecule has 1 atom stereocenters. The molecule has 3 aromatic carbocycles. The zero-order chi connectivity index (χ0) is 32.2. The quantitative estimate of drug-likeness (QED) is 0.112. The van der Waals surface area contributed by atoms with Gasteiger partial charge in [0.05, 0.1) is 54.2 Å². The van der Waals surface area contributed by atoms with Gasteiger partial charge in [0.1, 0.15) is 11.6 Å². The fourth-order valence-corrected chi connectivity index (χ4v) is 6.89. The van der Waals surface area contributed by atoms with Crippen LogP contribution in [-0.2, 0) is 0 Å². The van der Waals surface area contributed by atoms with Gasteiger partial charge in [0.15, 0.2) is 11.5 Å². The maximum Gasteiger partial charge on any atom is 0.266 e. The molecule has 9 nitrogen and oxygen atoms in total. The fourth-order valence-electron chi connectivity index (χ4n) is 6.25. The van der Waals surface area contributed by atoms with E-state index in [0.29, 0.717) is 58.4 Å². The molecule has 0 N–H and O–H groups in total. The van der Waals surface area contributed by atoms with E-state index >= 15 is 0 Å². The average Bonchev–Trinajstić information content (AvgIpc) is 3.48. The molecule has 3 heterocycles. The molecule has 1 aromatic heterocycles. The number of ether oxygens (including phenoxy) is 3. The minimum absolute atomic E-state index is 0.00722. The molecule has 4 aromatic rings. The maximum absolute atomic E-state index is 13.5. The Morgan fingerprint density at radius 1 is 0.913 bits per heavy atom. The van der Waals surface area contributed by atoms with Crippen molar-refractivity contribution >= 4 is 51.3 Å². The first-order valence-corrected chi connectivity index (χ1v) is 17.0. The summed E-state index contributed by atoms with van der Waals surface area (Å²) < 4.78 is 20.5. The second kappa shape index (κ2) is 14.2. The van der Waals surface area contributed by atoms with E-state index in [1.807, 2.05) is 55.3 Å². The van der Waals surface area contributed by atoms with E-state index in [9.17, 15) is 9.59 Å². The summed E-state index contributed by atoms with van der Waals surface area (Å²) in [4.78, 5) is 37.8. The van der Waals surface area contributed by atoms with E-state index in [-0.39, 0.29) is 17.5 Å². The lowest BCUT2D eigenvalue weighted by Crippen LogP contribution is -2.35. The van der Waals surface area contributed by atoms with Gasteiger partial charge < -0.3 is 19.1 Å². The molecule has 1 amide bonds. The molecule has 0 bridgehead atoms. The highest BCUT2D eigenvalue weighted by atomic mass is 127. The van der Waals surface area contributed by atoms with Crippen LogP contribution in [0.15, 0.2) is 58.3 Å². The van der Waals surface area contributed by atoms with Crippen LogP contribution in [0.3, 0.4) is 0 Å². The van der Waals surface area contributed by atoms with E-state index in [1.165, 1.54) is 0 Å². The molecule has 0 radical (unpaired) electrons. The molecular weight excluding hydrogens is 695 g/mol. The third-order valence-corrected chi connectivity index (χ3v) is 9.35. The van der Waals surface area contributed by atoms with Crippen molar-refractivity contribution in [3.63, 3.8) is 0 Å². The number of aryl methyl sites for hydroxylation is 2. The molecule has 1 saturated heterocycles. The first-order chi connectivity index (χ1) is 22.3. The summed E-state index contributed by atoms with van der Waals surface area (Å²) >= 11 is 2.28. The zero-order valence-corrected chi connectivity index (χ0v) is 28.7. The predicted molar refractivity (Wildman–Crippen MR) is 189 cm³/mol. The summed E-state index contributed by atoms with van der Waals surface area (Å²) in [6.07, 6.45) is 8.78. The van der Waals surface area contributed by atoms with Gasteiger partial charge in [-0.25, -0.2) is 4.98 Å². The summed E-state index contributed by atoms with van der Waals surface area (Å²) in [6, 6.07) is 15.2. The minimum Gasteiger partial charge on any atom is -0.494 e. The highest BCUT2D eigenvalue weighted by Crippen LogP contribution is 2.38. The van der Waals surface area contributed by atoms with Gasteiger partial charge in [-0.1, -0.05) is 19.3 Å². The predicted octanol–water partition coefficient (Wildman–Crippen LogP) is 7.34. The number of benzene rings is 3. The molecule has 2 aliphatic heterocycles. The van der Waals surface area contributed by atoms with Crippen LogP contribution in [-0.4, -0.2) is 59.5 Å². The number of hydrogen-bond acceptors (Lipinski definition) is 7. The molecular formula is C36H39IN4O5. The van der Waals surface area contributed by atoms with Gasteiger partial charge in [-0.2, -0.15) is 0 Å². The second-order valence-electron chi connectivity index (χ2n) is 11.9. The average molecular weight is 735 g/mol. The molecule has 0 spiro atoms. The van der Waals surface area contributed by atoms with Crippen LogP contribution < -0.4 is 19.8 Å². The molecule has 1 fully saturated rings. The monoisotopic (exact) mass is 734 g/mol. The summed E-state index contributed by atoms with van der Waals surface area (Å²) in [5.41, 5.74) is 3.65. The lowest BCUT2D eigenvalue weighted by Gasteiger charge is -2.20. The Balaban J connectivity index is 0.968. The van der Waals surface area contributed by atoms with Crippen molar-refractivity contribution in [2.45, 2.75) is 64.8 Å². The van der Waals surface area contributed by atoms with Gasteiger partial charge in [-0.05, 0) is 110 Å². The van der Waals surface area contributed by atoms with Crippen LogP contribution >= 0.6 is 22.6 Å². The number of carbonyl (C=O) groups excluding carboxylic acids is 1. The van der Waals surface area contributed by atoms with Crippen LogP contribution in [0.1, 0.15) is 66.7 Å². The number of nitrogens with zero attached hydrogens (tertiary/aromatic N) is 4. The van der Waals surface area contributed by atoms with Crippen molar-refractivity contribution in [1.29, 1.82) is 0 Å². The lowest BCUT2D eigenvalue weighted by molar-refractivity contribution is 0.0774. The van der Waals surface area contributed by atoms with Crippen molar-refractivity contribution in [3.05, 3.63) is 79.4 Å². The highest BCUT2D eigenvalue weighted by molar-refractivity contribution is 14.1. The van der Waals surface area contributed by atoms with Gasteiger partial charge in [0.2, 0.25) is 0 Å². The van der Waals surface area contributed by atoms with Crippen molar-refractivity contribution in [3.8, 4) is 22.9 Å². The molecule has 0 unspecified atom stereocenters. The lowest BCUT2D eigenvalue weighted by atomic mass is 10.1. The van der Waals surface area contributed by atoms with Crippen molar-refractivity contribution in [1.82, 2.24) is 14.5 Å². The number of hydrogen-bond donors (Lipinski definition) is 0. The Kier molecular flexibility index (Phi) is 9.91. The Bertz CT molecular complexity index is 1850. The zero-order valence-electron chi connectivity index (χ0n) is 26.6. The number of amides is 1. The first kappa shape index (κ1) is 32.0. The highest BCUT2D eigenvalue weighted by Gasteiger charge is 2.32. The smallest absolute Gasteiger partial charge is 0.266 e. The Morgan fingerprint density at radius 2 is 1.70 bits per heavy atom. The number of carbonyl (C=O) groups is 1. The summed E-state index contributed by atoms with van der Waals surface area (Å²) in [5, 5.41) is 0.547. The van der Waals surface area contributed by atoms with Crippen molar-refractivity contribution < 1.29 is 19.0 Å². The minimum atomic E-state index is -0.0930. The molecule has 0 saturated carbocycles. The molecule has 240 valence electrons. The Morgan fingerprint density at radius 3 is 2.48 bits per heavy atom. The van der Waals surface area contributed by atoms with Gasteiger partial charge in [0, 0.05) is 22.4 Å². The van der Waals surface area contributed by atoms with E-state index in [2.05, 4.69) is 33.6 Å². The second-order valence-corrected chi connectivity index (χ2v) is 13.1. The van der Waals surface area contributed by atoms with Crippen LogP contribution in [0.5, 0.6) is 17.2 Å². The number of rotatable bonds is 12. The van der Waals surface area contributed by atoms with Gasteiger partial charge in [0.25, 0.3) is 11.5 Å². The summed E-state index contributed by atoms with van der Waals surface area (Å²) in [5.74, 6) is 2.51. The molecule has 6 rings (SSSR count). The van der Waals surface area contributed by atoms with E-state index in [0.717, 1.165) is 66.3 Å². The van der Waals surface area contributed by atoms with E-state index in [4.69, 9.17) is 19.2 Å². The third-order valence-electron chi connectivity index (χ3n) is 8.68. The van der Waals surface area contributed by atoms with Gasteiger partial charge in [-0.3, -0.25) is 19.1 Å². The number of aromatic nitrogens is 2. The molecule has 2 aliphatic rings. The molecule has 10 heteroatoms. The Labute approximate surface area is 282 Å². The van der Waals surface area contributed by atoms with Crippen LogP contribution in [0.25, 0.3) is 16.6 Å². The maximum atomic E-state index is 13.5. The van der Waals surface area contributed by atoms with Gasteiger partial charge in [-0.15, -0.1) is 0 Å². The standard InChI is InChI=1S/C36H39IN4O5/c1-23-18-25(37)11-14-32(23)41-24(2)39-30-13-12-27(19-28(30)36(41)43)45-16-7-5-4-6-8-17-46-34-21-31-29(20-33(34)44-3)35(42)40-15-9-10-26(40)22-38-31/h11-14,18-22,26H,4-10,15-17H2,1-3H3/t26-/m0/s1. The summed E-state index contributed by atoms with van der Waals surface area (Å²) in [6.45, 7) is 5.77. The van der Waals surface area contributed by atoms with Crippen molar-refractivity contribution in [2.24, 2.45) is 4.99 Å². The van der Waals surface area contributed by atoms with Crippen LogP contribution in [0, 0.1) is 17.4 Å². The molecule has 46 heavy (non-hydrogen) atoms. The SMILES string of the molecule is COc1cc2c(cc1OCCCCCCCOc1ccc3nc(C)n(-c4ccc(I)cc4C)c(=O)c3c1)N=C[C@@H]1CCCN1C2=O. The Hall–Kier alpha value is -3.93. The third kappa shape index (κ3) is 6.77. The van der Waals surface area contributed by atoms with Crippen LogP contribution in [0.4, 0.5) is 5.69 Å². The number of unbranched alkanes of at least 4 members (excludes halogenated alkanes) is 4. The fraction of sp³-hybridized carbons (Fsp3) is 0.389. The number of methoxy groups -OCH3 is 1. The number of halogens is 1. The van der Waals surface area contributed by atoms with E-state index < -0.39 is 0 Å². The van der Waals surface area contributed by atoms with E-state index in [1.54, 1.807) is 23.8 Å². The first-order valence-electron chi connectivity index (χ1n) is 16.0.